The summed E-state index contributed by atoms with van der Waals surface area (Å²) < 4.78 is 5.69. The monoisotopic (exact) mass is 268 g/mol. The van der Waals surface area contributed by atoms with E-state index < -0.39 is 0 Å². The molecule has 0 saturated carbocycles. The van der Waals surface area contributed by atoms with Gasteiger partial charge >= 0.3 is 0 Å². The largest absolute Gasteiger partial charge is 0.378 e. The minimum atomic E-state index is 0.479. The molecule has 2 unspecified atom stereocenters. The van der Waals surface area contributed by atoms with Gasteiger partial charge in [-0.25, -0.2) is 0 Å². The molecular weight excluding hydrogens is 252 g/mol. The maximum atomic E-state index is 5.69. The number of rotatable bonds is 4. The van der Waals surface area contributed by atoms with E-state index in [9.17, 15) is 0 Å². The number of halogens is 1. The quantitative estimate of drug-likeness (QED) is 0.757. The van der Waals surface area contributed by atoms with Crippen LogP contribution in [0.1, 0.15) is 30.7 Å². The Kier molecular flexibility index (Phi) is 4.21. The average Bonchev–Trinajstić information content (AvgIpc) is 2.80. The second-order valence-corrected chi connectivity index (χ2v) is 4.78. The van der Waals surface area contributed by atoms with Crippen molar-refractivity contribution in [1.82, 2.24) is 0 Å². The minimum Gasteiger partial charge on any atom is -0.378 e. The fourth-order valence-electron chi connectivity index (χ4n) is 2.16. The van der Waals surface area contributed by atoms with Crippen LogP contribution >= 0.6 is 15.9 Å². The van der Waals surface area contributed by atoms with Gasteiger partial charge in [-0.3, -0.25) is 0 Å². The molecule has 0 amide bonds. The fourth-order valence-corrected chi connectivity index (χ4v) is 2.80. The minimum absolute atomic E-state index is 0.479. The van der Waals surface area contributed by atoms with E-state index in [1.807, 2.05) is 0 Å². The van der Waals surface area contributed by atoms with Gasteiger partial charge in [-0.2, -0.15) is 0 Å². The first kappa shape index (κ1) is 11.2. The van der Waals surface area contributed by atoms with Crippen molar-refractivity contribution in [3.63, 3.8) is 0 Å². The van der Waals surface area contributed by atoms with Crippen LogP contribution in [0.3, 0.4) is 0 Å². The van der Waals surface area contributed by atoms with Gasteiger partial charge in [-0.1, -0.05) is 46.3 Å². The Morgan fingerprint density at radius 2 is 2.13 bits per heavy atom. The molecule has 0 aliphatic carbocycles. The van der Waals surface area contributed by atoms with Crippen molar-refractivity contribution in [1.29, 1.82) is 0 Å². The van der Waals surface area contributed by atoms with Crippen molar-refractivity contribution in [3.05, 3.63) is 35.9 Å². The maximum Gasteiger partial charge on any atom is 0.0582 e. The van der Waals surface area contributed by atoms with Gasteiger partial charge < -0.3 is 4.74 Å². The summed E-state index contributed by atoms with van der Waals surface area (Å²) in [5.41, 5.74) is 1.42. The van der Waals surface area contributed by atoms with Crippen LogP contribution in [0, 0.1) is 0 Å². The van der Waals surface area contributed by atoms with E-state index in [0.717, 1.165) is 18.4 Å². The Balaban J connectivity index is 1.97. The predicted octanol–water partition coefficient (Wildman–Crippen LogP) is 3.73. The zero-order valence-electron chi connectivity index (χ0n) is 8.86. The molecule has 82 valence electrons. The van der Waals surface area contributed by atoms with E-state index in [2.05, 4.69) is 46.3 Å². The molecule has 2 rings (SSSR count). The van der Waals surface area contributed by atoms with E-state index in [1.165, 1.54) is 18.4 Å². The molecule has 1 nitrogen and oxygen atoms in total. The first-order valence-electron chi connectivity index (χ1n) is 5.62. The third-order valence-corrected chi connectivity index (χ3v) is 3.81. The van der Waals surface area contributed by atoms with Gasteiger partial charge in [0.05, 0.1) is 6.10 Å². The predicted molar refractivity (Wildman–Crippen MR) is 66.6 cm³/mol. The van der Waals surface area contributed by atoms with Crippen LogP contribution in [0.2, 0.25) is 0 Å². The van der Waals surface area contributed by atoms with Gasteiger partial charge in [0.2, 0.25) is 0 Å². The molecular formula is C13H17BrO. The van der Waals surface area contributed by atoms with E-state index in [1.54, 1.807) is 0 Å². The second-order valence-electron chi connectivity index (χ2n) is 4.13. The topological polar surface area (TPSA) is 9.23 Å². The second kappa shape index (κ2) is 5.66. The smallest absolute Gasteiger partial charge is 0.0582 e. The molecule has 0 bridgehead atoms. The molecule has 0 radical (unpaired) electrons. The number of benzene rings is 1. The van der Waals surface area contributed by atoms with Crippen molar-refractivity contribution in [2.75, 3.05) is 11.9 Å². The Morgan fingerprint density at radius 1 is 1.33 bits per heavy atom. The fraction of sp³-hybridized carbons (Fsp3) is 0.538. The Labute approximate surface area is 100.0 Å². The summed E-state index contributed by atoms with van der Waals surface area (Å²) in [5.74, 6) is 0.592. The average molecular weight is 269 g/mol. The standard InChI is InChI=1S/C13H17BrO/c14-10-12(9-13-7-4-8-15-13)11-5-2-1-3-6-11/h1-3,5-6,12-13H,4,7-10H2. The van der Waals surface area contributed by atoms with Crippen molar-refractivity contribution in [2.24, 2.45) is 0 Å². The lowest BCUT2D eigenvalue weighted by Crippen LogP contribution is -2.12. The summed E-state index contributed by atoms with van der Waals surface area (Å²) in [7, 11) is 0. The molecule has 0 spiro atoms. The summed E-state index contributed by atoms with van der Waals surface area (Å²) in [5, 5.41) is 1.02. The highest BCUT2D eigenvalue weighted by Crippen LogP contribution is 2.28. The Morgan fingerprint density at radius 3 is 2.73 bits per heavy atom. The first-order chi connectivity index (χ1) is 7.40. The van der Waals surface area contributed by atoms with E-state index in [0.29, 0.717) is 12.0 Å². The molecule has 2 atom stereocenters. The highest BCUT2D eigenvalue weighted by Gasteiger charge is 2.20. The van der Waals surface area contributed by atoms with Gasteiger partial charge in [0, 0.05) is 11.9 Å². The summed E-state index contributed by atoms with van der Waals surface area (Å²) in [6.07, 6.45) is 4.09. The van der Waals surface area contributed by atoms with Crippen LogP contribution < -0.4 is 0 Å². The number of hydrogen-bond acceptors (Lipinski definition) is 1. The SMILES string of the molecule is BrCC(CC1CCCO1)c1ccccc1. The lowest BCUT2D eigenvalue weighted by molar-refractivity contribution is 0.0997. The molecule has 1 saturated heterocycles. The molecule has 0 aromatic heterocycles. The van der Waals surface area contributed by atoms with Crippen LogP contribution in [-0.2, 0) is 4.74 Å². The van der Waals surface area contributed by atoms with Gasteiger partial charge in [-0.15, -0.1) is 0 Å². The number of alkyl halides is 1. The third-order valence-electron chi connectivity index (χ3n) is 3.03. The maximum absolute atomic E-state index is 5.69. The third kappa shape index (κ3) is 3.05. The molecule has 1 aliphatic heterocycles. The van der Waals surface area contributed by atoms with Gasteiger partial charge in [0.25, 0.3) is 0 Å². The molecule has 1 aromatic carbocycles. The summed E-state index contributed by atoms with van der Waals surface area (Å²) in [4.78, 5) is 0. The molecule has 2 heteroatoms. The first-order valence-corrected chi connectivity index (χ1v) is 6.75. The molecule has 0 N–H and O–H groups in total. The Hall–Kier alpha value is -0.340. The van der Waals surface area contributed by atoms with Gasteiger partial charge in [-0.05, 0) is 30.7 Å². The molecule has 1 fully saturated rings. The number of hydrogen-bond donors (Lipinski definition) is 0. The zero-order chi connectivity index (χ0) is 10.5. The van der Waals surface area contributed by atoms with Crippen LogP contribution in [0.15, 0.2) is 30.3 Å². The van der Waals surface area contributed by atoms with Crippen molar-refractivity contribution < 1.29 is 4.74 Å². The van der Waals surface area contributed by atoms with E-state index in [4.69, 9.17) is 4.74 Å². The van der Waals surface area contributed by atoms with E-state index in [-0.39, 0.29) is 0 Å². The van der Waals surface area contributed by atoms with Crippen LogP contribution in [0.5, 0.6) is 0 Å². The highest BCUT2D eigenvalue weighted by atomic mass is 79.9. The molecule has 15 heavy (non-hydrogen) atoms. The summed E-state index contributed by atoms with van der Waals surface area (Å²) >= 11 is 3.60. The molecule has 1 heterocycles. The van der Waals surface area contributed by atoms with Crippen LogP contribution in [-0.4, -0.2) is 18.0 Å². The van der Waals surface area contributed by atoms with Crippen molar-refractivity contribution >= 4 is 15.9 Å². The molecule has 1 aliphatic rings. The van der Waals surface area contributed by atoms with Gasteiger partial charge in [0.1, 0.15) is 0 Å². The van der Waals surface area contributed by atoms with E-state index >= 15 is 0 Å². The Bertz CT molecular complexity index is 280. The lowest BCUT2D eigenvalue weighted by atomic mass is 9.94. The van der Waals surface area contributed by atoms with Crippen molar-refractivity contribution in [2.45, 2.75) is 31.3 Å². The van der Waals surface area contributed by atoms with Crippen molar-refractivity contribution in [3.8, 4) is 0 Å². The number of ether oxygens (including phenoxy) is 1. The molecule has 1 aromatic rings. The summed E-state index contributed by atoms with van der Waals surface area (Å²) in [6, 6.07) is 10.7. The summed E-state index contributed by atoms with van der Waals surface area (Å²) in [6.45, 7) is 0.953. The van der Waals surface area contributed by atoms with Crippen LogP contribution in [0.4, 0.5) is 0 Å². The van der Waals surface area contributed by atoms with Crippen LogP contribution in [0.25, 0.3) is 0 Å². The lowest BCUT2D eigenvalue weighted by Gasteiger charge is -2.18. The highest BCUT2D eigenvalue weighted by molar-refractivity contribution is 9.09. The normalized spacial score (nSPS) is 22.9. The zero-order valence-corrected chi connectivity index (χ0v) is 10.4. The van der Waals surface area contributed by atoms with Gasteiger partial charge in [0.15, 0.2) is 0 Å².